The number of nitrogens with zero attached hydrogens (tertiary/aromatic N) is 6. The van der Waals surface area contributed by atoms with Crippen LogP contribution in [-0.4, -0.2) is 133 Å². The van der Waals surface area contributed by atoms with E-state index in [1.54, 1.807) is 49.7 Å². The molecule has 0 amide bonds. The maximum Gasteiger partial charge on any atom is 0.349 e. The fourth-order valence-electron chi connectivity index (χ4n) is 9.20. The van der Waals surface area contributed by atoms with Gasteiger partial charge in [0.2, 0.25) is 12.0 Å². The monoisotopic (exact) mass is 1040 g/mol. The average Bonchev–Trinajstić information content (AvgIpc) is 3.77. The number of hydrogen-bond acceptors (Lipinski definition) is 15. The summed E-state index contributed by atoms with van der Waals surface area (Å²) >= 11 is 16.0. The number of carboxylic acid groups (broad SMARTS) is 1. The van der Waals surface area contributed by atoms with Crippen molar-refractivity contribution in [3.05, 3.63) is 111 Å². The van der Waals surface area contributed by atoms with Crippen LogP contribution in [0.15, 0.2) is 67.1 Å². The van der Waals surface area contributed by atoms with Crippen molar-refractivity contribution in [3.63, 3.8) is 0 Å². The Morgan fingerprint density at radius 3 is 2.43 bits per heavy atom. The van der Waals surface area contributed by atoms with Crippen LogP contribution in [0.3, 0.4) is 0 Å². The smallest absolute Gasteiger partial charge is 0.349 e. The second-order valence-corrected chi connectivity index (χ2v) is 19.9. The SMILES string of the molecule is COCCOCCOCC1CC=C(c2nccc(COc3ccc4cc3C(C(=O)O)Oc3ncnc5sc(-c6ccc(F)cc6)c(c35)-c3c(C)c(Cl)c(c(Cl)c3C)OC(CN3CCN(C)CC3)CO4)n2)CC1. The van der Waals surface area contributed by atoms with E-state index >= 15 is 0 Å². The molecule has 3 aliphatic heterocycles. The van der Waals surface area contributed by atoms with Crippen LogP contribution in [-0.2, 0) is 25.6 Å². The number of carbonyl (C=O) groups is 1. The van der Waals surface area contributed by atoms with Gasteiger partial charge in [0.25, 0.3) is 0 Å². The number of fused-ring (bicyclic) bond motifs is 6. The van der Waals surface area contributed by atoms with Crippen molar-refractivity contribution in [2.75, 3.05) is 86.5 Å². The maximum absolute atomic E-state index is 14.4. The summed E-state index contributed by atoms with van der Waals surface area (Å²) in [5.74, 6) is 0.158. The highest BCUT2D eigenvalue weighted by atomic mass is 35.5. The van der Waals surface area contributed by atoms with Gasteiger partial charge < -0.3 is 43.2 Å². The molecule has 0 spiro atoms. The van der Waals surface area contributed by atoms with Crippen LogP contribution in [0.4, 0.5) is 4.39 Å². The van der Waals surface area contributed by atoms with Crippen molar-refractivity contribution >= 4 is 56.3 Å². The number of piperazine rings is 1. The molecular weight excluding hydrogens is 987 g/mol. The van der Waals surface area contributed by atoms with Gasteiger partial charge in [-0.3, -0.25) is 4.90 Å². The van der Waals surface area contributed by atoms with Crippen molar-refractivity contribution in [1.82, 2.24) is 29.7 Å². The number of hydrogen-bond donors (Lipinski definition) is 1. The lowest BCUT2D eigenvalue weighted by molar-refractivity contribution is -0.145. The van der Waals surface area contributed by atoms with E-state index in [0.29, 0.717) is 121 Å². The number of rotatable bonds is 16. The second-order valence-electron chi connectivity index (χ2n) is 18.2. The van der Waals surface area contributed by atoms with Gasteiger partial charge in [0, 0.05) is 68.6 Å². The molecule has 3 aromatic heterocycles. The van der Waals surface area contributed by atoms with Gasteiger partial charge in [-0.25, -0.2) is 29.1 Å². The largest absolute Gasteiger partial charge is 0.490 e. The molecule has 1 saturated heterocycles. The molecule has 3 unspecified atom stereocenters. The first-order valence-corrected chi connectivity index (χ1v) is 25.6. The molecule has 1 fully saturated rings. The summed E-state index contributed by atoms with van der Waals surface area (Å²) < 4.78 is 57.3. The van der Waals surface area contributed by atoms with Gasteiger partial charge in [0.15, 0.2) is 11.6 Å². The van der Waals surface area contributed by atoms with E-state index in [-0.39, 0.29) is 30.4 Å². The lowest BCUT2D eigenvalue weighted by Crippen LogP contribution is -2.49. The lowest BCUT2D eigenvalue weighted by atomic mass is 9.90. The van der Waals surface area contributed by atoms with E-state index < -0.39 is 24.0 Å². The van der Waals surface area contributed by atoms with Gasteiger partial charge in [-0.2, -0.15) is 0 Å². The Labute approximate surface area is 431 Å². The van der Waals surface area contributed by atoms with Crippen LogP contribution < -0.4 is 18.9 Å². The zero-order chi connectivity index (χ0) is 50.3. The highest BCUT2D eigenvalue weighted by molar-refractivity contribution is 7.22. The number of thiophene rings is 1. The van der Waals surface area contributed by atoms with Gasteiger partial charge >= 0.3 is 5.97 Å². The number of allylic oxidation sites excluding steroid dienone is 2. The van der Waals surface area contributed by atoms with Crippen molar-refractivity contribution in [2.24, 2.45) is 5.92 Å². The van der Waals surface area contributed by atoms with E-state index in [2.05, 4.69) is 37.9 Å². The number of halogens is 3. The standard InChI is InChI=1S/C53H57Cl2FN6O9S/c1-31-42-32(2)46(55)48(45(31)54)70-39(26-62-19-17-61(3)18-20-62)29-68-38-13-14-41(69-28-37-15-16-57-50(60-37)35-7-5-33(6-8-35)27-67-24-23-66-22-21-65-4)40(25-38)47(53(63)64)71-51-44-43(42)49(72-52(44)59-30-58-51)34-9-11-36(56)12-10-34/h7,9-16,25,30,33,39,47H,5-6,8,17-24,26-29H2,1-4H3,(H,63,64). The number of aromatic nitrogens is 4. The van der Waals surface area contributed by atoms with Crippen LogP contribution in [0.2, 0.25) is 10.0 Å². The molecule has 3 atom stereocenters. The van der Waals surface area contributed by atoms with Crippen LogP contribution in [0.25, 0.3) is 37.4 Å². The molecule has 4 bridgehead atoms. The van der Waals surface area contributed by atoms with E-state index in [1.165, 1.54) is 29.8 Å². The quantitative estimate of drug-likeness (QED) is 0.0912. The summed E-state index contributed by atoms with van der Waals surface area (Å²) in [5.41, 5.74) is 5.03. The molecule has 380 valence electrons. The lowest BCUT2D eigenvalue weighted by Gasteiger charge is -2.35. The zero-order valence-corrected chi connectivity index (χ0v) is 43.0. The molecule has 6 aromatic rings. The van der Waals surface area contributed by atoms with Gasteiger partial charge in [-0.05, 0) is 110 Å². The van der Waals surface area contributed by atoms with Crippen molar-refractivity contribution < 1.29 is 47.4 Å². The van der Waals surface area contributed by atoms with E-state index in [9.17, 15) is 14.3 Å². The predicted octanol–water partition coefficient (Wildman–Crippen LogP) is 9.91. The van der Waals surface area contributed by atoms with E-state index in [4.69, 9.17) is 61.3 Å². The average molecular weight is 1040 g/mol. The van der Waals surface area contributed by atoms with Crippen LogP contribution in [0.1, 0.15) is 53.6 Å². The summed E-state index contributed by atoms with van der Waals surface area (Å²) in [6, 6.07) is 12.9. The minimum Gasteiger partial charge on any atom is -0.490 e. The Morgan fingerprint density at radius 1 is 0.931 bits per heavy atom. The summed E-state index contributed by atoms with van der Waals surface area (Å²) in [7, 11) is 3.74. The molecule has 15 nitrogen and oxygen atoms in total. The molecule has 19 heteroatoms. The third-order valence-corrected chi connectivity index (χ3v) is 15.2. The Kier molecular flexibility index (Phi) is 16.8. The van der Waals surface area contributed by atoms with Crippen molar-refractivity contribution in [2.45, 2.75) is 51.9 Å². The zero-order valence-electron chi connectivity index (χ0n) is 40.6. The van der Waals surface area contributed by atoms with E-state index in [1.807, 2.05) is 13.8 Å². The molecule has 6 heterocycles. The van der Waals surface area contributed by atoms with Gasteiger partial charge in [0.1, 0.15) is 47.8 Å². The molecule has 3 aromatic carbocycles. The highest BCUT2D eigenvalue weighted by Gasteiger charge is 2.34. The predicted molar refractivity (Wildman–Crippen MR) is 274 cm³/mol. The summed E-state index contributed by atoms with van der Waals surface area (Å²) in [4.78, 5) is 38.1. The molecule has 0 radical (unpaired) electrons. The molecular formula is C53H57Cl2FN6O9S. The minimum atomic E-state index is -1.67. The number of carboxylic acids is 1. The second kappa shape index (κ2) is 23.6. The van der Waals surface area contributed by atoms with Gasteiger partial charge in [0.05, 0.1) is 47.6 Å². The Bertz CT molecular complexity index is 2890. The Balaban J connectivity index is 1.07. The molecule has 72 heavy (non-hydrogen) atoms. The number of aliphatic carboxylic acids is 1. The van der Waals surface area contributed by atoms with Gasteiger partial charge in [-0.15, -0.1) is 11.3 Å². The van der Waals surface area contributed by atoms with Crippen LogP contribution >= 0.6 is 34.5 Å². The third-order valence-electron chi connectivity index (χ3n) is 13.2. The maximum atomic E-state index is 14.4. The number of likely N-dealkylation sites (N-methyl/N-ethyl adjacent to an activating group) is 1. The normalized spacial score (nSPS) is 18.6. The van der Waals surface area contributed by atoms with E-state index in [0.717, 1.165) is 51.0 Å². The molecule has 1 aliphatic carbocycles. The first kappa shape index (κ1) is 51.4. The summed E-state index contributed by atoms with van der Waals surface area (Å²) in [6.07, 6.45) is 5.54. The third kappa shape index (κ3) is 11.8. The van der Waals surface area contributed by atoms with Crippen molar-refractivity contribution in [1.29, 1.82) is 0 Å². The molecule has 0 saturated carbocycles. The summed E-state index contributed by atoms with van der Waals surface area (Å²) in [6.45, 7) is 10.5. The molecule has 4 aliphatic rings. The number of benzene rings is 3. The first-order chi connectivity index (χ1) is 34.9. The summed E-state index contributed by atoms with van der Waals surface area (Å²) in [5, 5.41) is 12.1. The van der Waals surface area contributed by atoms with Crippen LogP contribution in [0, 0.1) is 25.6 Å². The Hall–Kier alpha value is -5.50. The fraction of sp³-hybridized carbons (Fsp3) is 0.415. The first-order valence-electron chi connectivity index (χ1n) is 24.0. The topological polar surface area (TPSA) is 160 Å². The van der Waals surface area contributed by atoms with Crippen LogP contribution in [0.5, 0.6) is 23.1 Å². The minimum absolute atomic E-state index is 0.00463. The number of ether oxygens (including phenoxy) is 7. The van der Waals surface area contributed by atoms with Crippen molar-refractivity contribution in [3.8, 4) is 44.7 Å². The molecule has 1 N–H and O–H groups in total. The number of methoxy groups -OCH3 is 1. The Morgan fingerprint density at radius 2 is 1.69 bits per heavy atom. The molecule has 10 rings (SSSR count). The highest BCUT2D eigenvalue weighted by Crippen LogP contribution is 2.53. The van der Waals surface area contributed by atoms with Gasteiger partial charge in [-0.1, -0.05) is 41.4 Å². The fourth-order valence-corrected chi connectivity index (χ4v) is 10.9.